The zero-order chi connectivity index (χ0) is 22.5. The number of nitrogens with one attached hydrogen (secondary N) is 2. The van der Waals surface area contributed by atoms with Crippen LogP contribution in [0.5, 0.6) is 0 Å². The van der Waals surface area contributed by atoms with Gasteiger partial charge in [-0.05, 0) is 41.7 Å². The zero-order valence-electron chi connectivity index (χ0n) is 18.3. The fourth-order valence-electron chi connectivity index (χ4n) is 6.04. The van der Waals surface area contributed by atoms with Crippen LogP contribution in [-0.4, -0.2) is 34.3 Å². The number of hydrogen-bond acceptors (Lipinski definition) is 4. The summed E-state index contributed by atoms with van der Waals surface area (Å²) in [6.07, 6.45) is 1.66. The molecule has 6 rings (SSSR count). The Labute approximate surface area is 192 Å². The molecule has 3 N–H and O–H groups in total. The smallest absolute Gasteiger partial charge is 0.258 e. The summed E-state index contributed by atoms with van der Waals surface area (Å²) in [5.41, 5.74) is 4.90. The summed E-state index contributed by atoms with van der Waals surface area (Å²) >= 11 is 0. The van der Waals surface area contributed by atoms with Crippen molar-refractivity contribution in [2.75, 3.05) is 6.61 Å². The van der Waals surface area contributed by atoms with Crippen molar-refractivity contribution in [2.45, 2.75) is 37.5 Å². The Morgan fingerprint density at radius 2 is 1.70 bits per heavy atom. The number of carbonyl (C=O) groups excluding carboxylic acids is 1. The van der Waals surface area contributed by atoms with Gasteiger partial charge in [-0.1, -0.05) is 54.6 Å². The highest BCUT2D eigenvalue weighted by Crippen LogP contribution is 2.41. The largest absolute Gasteiger partial charge is 0.396 e. The van der Waals surface area contributed by atoms with Crippen molar-refractivity contribution in [3.63, 3.8) is 0 Å². The van der Waals surface area contributed by atoms with Crippen LogP contribution < -0.4 is 16.2 Å². The maximum atomic E-state index is 13.5. The van der Waals surface area contributed by atoms with Crippen LogP contribution in [0, 0.1) is 11.8 Å². The Kier molecular flexibility index (Phi) is 4.93. The van der Waals surface area contributed by atoms with Gasteiger partial charge in [0.15, 0.2) is 0 Å². The monoisotopic (exact) mass is 441 g/mol. The van der Waals surface area contributed by atoms with E-state index in [2.05, 4.69) is 22.8 Å². The number of hydrogen-bond donors (Lipinski definition) is 3. The highest BCUT2D eigenvalue weighted by Gasteiger charge is 2.51. The molecule has 3 aliphatic rings. The maximum Gasteiger partial charge on any atom is 0.258 e. The van der Waals surface area contributed by atoms with Gasteiger partial charge in [0.2, 0.25) is 5.91 Å². The normalized spacial score (nSPS) is 25.5. The number of carbonyl (C=O) groups is 1. The highest BCUT2D eigenvalue weighted by molar-refractivity contribution is 5.81. The van der Waals surface area contributed by atoms with Gasteiger partial charge in [0.05, 0.1) is 12.0 Å². The Morgan fingerprint density at radius 1 is 1.00 bits per heavy atom. The minimum absolute atomic E-state index is 0.0418. The van der Waals surface area contributed by atoms with Gasteiger partial charge >= 0.3 is 0 Å². The van der Waals surface area contributed by atoms with E-state index in [9.17, 15) is 14.7 Å². The summed E-state index contributed by atoms with van der Waals surface area (Å²) < 4.78 is 1.80. The average molecular weight is 442 g/mol. The Bertz CT molecular complexity index is 1240. The van der Waals surface area contributed by atoms with Crippen molar-refractivity contribution in [3.05, 3.63) is 93.9 Å². The molecule has 3 aromatic rings. The number of amides is 1. The first-order chi connectivity index (χ1) is 16.1. The minimum Gasteiger partial charge on any atom is -0.396 e. The predicted octanol–water partition coefficient (Wildman–Crippen LogP) is 2.05. The molecular weight excluding hydrogens is 414 g/mol. The van der Waals surface area contributed by atoms with Crippen molar-refractivity contribution < 1.29 is 9.90 Å². The fraction of sp³-hybridized carbons (Fsp3) is 0.333. The first-order valence-electron chi connectivity index (χ1n) is 11.7. The van der Waals surface area contributed by atoms with Gasteiger partial charge in [-0.2, -0.15) is 0 Å². The van der Waals surface area contributed by atoms with Crippen LogP contribution in [0.2, 0.25) is 0 Å². The predicted molar refractivity (Wildman–Crippen MR) is 126 cm³/mol. The highest BCUT2D eigenvalue weighted by atomic mass is 16.3. The number of aliphatic hydroxyl groups is 1. The summed E-state index contributed by atoms with van der Waals surface area (Å²) in [4.78, 5) is 26.9. The first-order valence-corrected chi connectivity index (χ1v) is 11.7. The van der Waals surface area contributed by atoms with E-state index in [0.29, 0.717) is 12.1 Å². The van der Waals surface area contributed by atoms with E-state index in [4.69, 9.17) is 0 Å². The van der Waals surface area contributed by atoms with Gasteiger partial charge in [-0.25, -0.2) is 0 Å². The van der Waals surface area contributed by atoms with E-state index in [1.807, 2.05) is 54.6 Å². The number of nitrogens with zero attached hydrogens (tertiary/aromatic N) is 1. The molecule has 1 amide bonds. The molecule has 0 spiro atoms. The molecule has 2 aromatic carbocycles. The van der Waals surface area contributed by atoms with E-state index < -0.39 is 5.92 Å². The SMILES string of the molecule is O=C(NC1Cc2ccccc2C1)[C@H]1[C@H](CO)[C@H]2Cn3c(ccc(-c4ccccc4)c3=O)[C@@H]1N2. The van der Waals surface area contributed by atoms with E-state index >= 15 is 0 Å². The fourth-order valence-corrected chi connectivity index (χ4v) is 6.04. The third-order valence-corrected chi connectivity index (χ3v) is 7.63. The summed E-state index contributed by atoms with van der Waals surface area (Å²) in [5.74, 6) is -0.697. The van der Waals surface area contributed by atoms with Crippen LogP contribution in [0.1, 0.15) is 22.9 Å². The molecule has 33 heavy (non-hydrogen) atoms. The number of rotatable bonds is 4. The summed E-state index contributed by atoms with van der Waals surface area (Å²) in [6, 6.07) is 21.4. The van der Waals surface area contributed by atoms with Gasteiger partial charge < -0.3 is 20.3 Å². The van der Waals surface area contributed by atoms with Crippen molar-refractivity contribution >= 4 is 5.91 Å². The molecule has 0 saturated carbocycles. The van der Waals surface area contributed by atoms with Gasteiger partial charge in [0.1, 0.15) is 0 Å². The quantitative estimate of drug-likeness (QED) is 0.579. The van der Waals surface area contributed by atoms with E-state index in [1.54, 1.807) is 4.57 Å². The molecule has 3 heterocycles. The van der Waals surface area contributed by atoms with Crippen molar-refractivity contribution in [1.29, 1.82) is 0 Å². The van der Waals surface area contributed by atoms with Crippen molar-refractivity contribution in [3.8, 4) is 11.1 Å². The molecule has 4 atom stereocenters. The molecule has 6 heteroatoms. The molecule has 0 radical (unpaired) electrons. The Balaban J connectivity index is 1.30. The average Bonchev–Trinajstić information content (AvgIpc) is 3.38. The van der Waals surface area contributed by atoms with Crippen LogP contribution in [0.15, 0.2) is 71.5 Å². The van der Waals surface area contributed by atoms with Gasteiger partial charge in [-0.3, -0.25) is 9.59 Å². The molecule has 1 saturated heterocycles. The Morgan fingerprint density at radius 3 is 2.39 bits per heavy atom. The van der Waals surface area contributed by atoms with Gasteiger partial charge in [-0.15, -0.1) is 0 Å². The van der Waals surface area contributed by atoms with Crippen LogP contribution in [0.4, 0.5) is 0 Å². The minimum atomic E-state index is -0.417. The molecule has 1 aliphatic carbocycles. The molecule has 1 aromatic heterocycles. The number of aliphatic hydroxyl groups excluding tert-OH is 1. The second-order valence-electron chi connectivity index (χ2n) is 9.46. The summed E-state index contributed by atoms with van der Waals surface area (Å²) in [6.45, 7) is 0.362. The molecule has 2 aliphatic heterocycles. The topological polar surface area (TPSA) is 83.4 Å². The first kappa shape index (κ1) is 20.4. The van der Waals surface area contributed by atoms with Gasteiger partial charge in [0.25, 0.3) is 5.56 Å². The van der Waals surface area contributed by atoms with Crippen molar-refractivity contribution in [2.24, 2.45) is 11.8 Å². The maximum absolute atomic E-state index is 13.5. The third-order valence-electron chi connectivity index (χ3n) is 7.63. The van der Waals surface area contributed by atoms with Crippen LogP contribution >= 0.6 is 0 Å². The molecule has 168 valence electrons. The van der Waals surface area contributed by atoms with E-state index in [0.717, 1.165) is 24.1 Å². The van der Waals surface area contributed by atoms with Crippen LogP contribution in [-0.2, 0) is 24.2 Å². The standard InChI is InChI=1S/C27H27N3O3/c31-15-21-22-14-30-23(11-10-20(27(30)33)16-6-2-1-3-7-16)25(29-22)24(21)26(32)28-19-12-17-8-4-5-9-18(17)13-19/h1-11,19,21-22,24-25,29,31H,12-15H2,(H,28,32)/t21-,22-,24+,25+/m1/s1. The number of fused-ring (bicyclic) bond motifs is 5. The molecular formula is C27H27N3O3. The lowest BCUT2D eigenvalue weighted by Gasteiger charge is -2.28. The lowest BCUT2D eigenvalue weighted by Crippen LogP contribution is -2.44. The van der Waals surface area contributed by atoms with Gasteiger partial charge in [0, 0.05) is 42.4 Å². The van der Waals surface area contributed by atoms with Crippen LogP contribution in [0.3, 0.4) is 0 Å². The zero-order valence-corrected chi connectivity index (χ0v) is 18.3. The molecule has 1 fully saturated rings. The van der Waals surface area contributed by atoms with Crippen molar-refractivity contribution in [1.82, 2.24) is 15.2 Å². The number of pyridine rings is 1. The molecule has 2 bridgehead atoms. The second-order valence-corrected chi connectivity index (χ2v) is 9.46. The number of benzene rings is 2. The second kappa shape index (κ2) is 7.97. The lowest BCUT2D eigenvalue weighted by atomic mass is 9.86. The van der Waals surface area contributed by atoms with E-state index in [1.165, 1.54) is 11.1 Å². The number of aromatic nitrogens is 1. The summed E-state index contributed by atoms with van der Waals surface area (Å²) in [7, 11) is 0. The molecule has 0 unspecified atom stereocenters. The Hall–Kier alpha value is -3.22. The summed E-state index contributed by atoms with van der Waals surface area (Å²) in [5, 5.41) is 17.0. The molecule has 6 nitrogen and oxygen atoms in total. The lowest BCUT2D eigenvalue weighted by molar-refractivity contribution is -0.127. The van der Waals surface area contributed by atoms with Crippen LogP contribution in [0.25, 0.3) is 11.1 Å². The third kappa shape index (κ3) is 3.33. The van der Waals surface area contributed by atoms with E-state index in [-0.39, 0.29) is 42.1 Å².